The zero-order valence-corrected chi connectivity index (χ0v) is 21.6. The van der Waals surface area contributed by atoms with Gasteiger partial charge in [-0.25, -0.2) is 4.98 Å². The quantitative estimate of drug-likeness (QED) is 0.474. The highest BCUT2D eigenvalue weighted by atomic mass is 35.5. The predicted octanol–water partition coefficient (Wildman–Crippen LogP) is 4.78. The number of amides is 1. The first-order valence-electron chi connectivity index (χ1n) is 13.5. The second kappa shape index (κ2) is 9.82. The first kappa shape index (κ1) is 24.0. The Bertz CT molecular complexity index is 1120. The number of aromatic nitrogens is 2. The van der Waals surface area contributed by atoms with E-state index in [9.17, 15) is 9.90 Å². The molecule has 1 amide bonds. The average Bonchev–Trinajstić information content (AvgIpc) is 3.49. The van der Waals surface area contributed by atoms with E-state index in [0.29, 0.717) is 45.8 Å². The predicted molar refractivity (Wildman–Crippen MR) is 141 cm³/mol. The summed E-state index contributed by atoms with van der Waals surface area (Å²) in [5.41, 5.74) is 2.70. The van der Waals surface area contributed by atoms with Crippen molar-refractivity contribution in [3.8, 4) is 0 Å². The normalized spacial score (nSPS) is 24.3. The number of nitrogens with zero attached hydrogens (tertiary/aromatic N) is 3. The lowest BCUT2D eigenvalue weighted by molar-refractivity contribution is 0.0154. The third-order valence-electron chi connectivity index (χ3n) is 8.94. The van der Waals surface area contributed by atoms with E-state index in [2.05, 4.69) is 20.5 Å². The lowest BCUT2D eigenvalue weighted by atomic mass is 9.56. The fraction of sp³-hybridized carbons (Fsp3) is 0.607. The minimum atomic E-state index is -0.119. The van der Waals surface area contributed by atoms with Crippen molar-refractivity contribution in [3.05, 3.63) is 46.1 Å². The van der Waals surface area contributed by atoms with E-state index in [1.807, 2.05) is 18.2 Å². The summed E-state index contributed by atoms with van der Waals surface area (Å²) < 4.78 is 0. The van der Waals surface area contributed by atoms with Gasteiger partial charge in [-0.3, -0.25) is 4.79 Å². The van der Waals surface area contributed by atoms with Crippen LogP contribution in [0.15, 0.2) is 24.4 Å². The summed E-state index contributed by atoms with van der Waals surface area (Å²) in [6.45, 7) is 3.09. The fourth-order valence-electron chi connectivity index (χ4n) is 6.75. The topological polar surface area (TPSA) is 90.4 Å². The van der Waals surface area contributed by atoms with Crippen molar-refractivity contribution < 1.29 is 9.90 Å². The molecular weight excluding hydrogens is 474 g/mol. The Hall–Kier alpha value is -2.38. The van der Waals surface area contributed by atoms with Crippen molar-refractivity contribution >= 4 is 29.3 Å². The molecule has 192 valence electrons. The Labute approximate surface area is 218 Å². The number of piperidine rings is 1. The second-order valence-corrected chi connectivity index (χ2v) is 12.0. The minimum absolute atomic E-state index is 0.0912. The maximum Gasteiger partial charge on any atom is 0.256 e. The number of hydrogen-bond donors (Lipinski definition) is 3. The van der Waals surface area contributed by atoms with E-state index in [1.165, 1.54) is 51.4 Å². The van der Waals surface area contributed by atoms with E-state index in [0.717, 1.165) is 37.0 Å². The van der Waals surface area contributed by atoms with Crippen LogP contribution in [-0.4, -0.2) is 40.6 Å². The fourth-order valence-corrected chi connectivity index (χ4v) is 7.02. The molecule has 3 aliphatic carbocycles. The maximum atomic E-state index is 13.2. The zero-order valence-electron chi connectivity index (χ0n) is 20.8. The number of carbonyl (C=O) groups excluding carboxylic acids is 1. The molecule has 2 unspecified atom stereocenters. The third kappa shape index (κ3) is 4.92. The highest BCUT2D eigenvalue weighted by molar-refractivity contribution is 6.31. The number of benzene rings is 1. The molecule has 1 aromatic heterocycles. The molecule has 4 aliphatic rings. The van der Waals surface area contributed by atoms with Gasteiger partial charge in [-0.2, -0.15) is 4.98 Å². The molecule has 6 rings (SSSR count). The third-order valence-corrected chi connectivity index (χ3v) is 9.29. The van der Waals surface area contributed by atoms with Crippen LogP contribution in [0.5, 0.6) is 0 Å². The molecule has 0 radical (unpaired) electrons. The number of nitrogens with one attached hydrogen (secondary N) is 2. The smallest absolute Gasteiger partial charge is 0.256 e. The van der Waals surface area contributed by atoms with Crippen molar-refractivity contribution in [2.75, 3.05) is 29.9 Å². The second-order valence-electron chi connectivity index (χ2n) is 11.6. The number of fused-ring (bicyclic) bond motifs is 1. The highest BCUT2D eigenvalue weighted by Crippen LogP contribution is 2.54. The molecule has 0 bridgehead atoms. The zero-order chi connectivity index (χ0) is 24.7. The monoisotopic (exact) mass is 509 g/mol. The molecule has 1 aromatic carbocycles. The van der Waals surface area contributed by atoms with Gasteiger partial charge in [0.1, 0.15) is 11.4 Å². The molecule has 2 atom stereocenters. The number of aliphatic hydroxyl groups excluding tert-OH is 1. The van der Waals surface area contributed by atoms with Gasteiger partial charge in [0.25, 0.3) is 5.91 Å². The molecule has 8 heteroatoms. The molecule has 3 saturated carbocycles. The molecule has 2 heterocycles. The molecular formula is C28H36ClN5O2. The summed E-state index contributed by atoms with van der Waals surface area (Å²) in [6, 6.07) is 5.60. The minimum Gasteiger partial charge on any atom is -0.392 e. The molecule has 7 nitrogen and oxygen atoms in total. The van der Waals surface area contributed by atoms with E-state index in [4.69, 9.17) is 16.6 Å². The van der Waals surface area contributed by atoms with Gasteiger partial charge in [-0.05, 0) is 72.5 Å². The van der Waals surface area contributed by atoms with Crippen LogP contribution in [0.3, 0.4) is 0 Å². The lowest BCUT2D eigenvalue weighted by Gasteiger charge is -2.50. The Morgan fingerprint density at radius 3 is 2.67 bits per heavy atom. The van der Waals surface area contributed by atoms with Gasteiger partial charge in [-0.1, -0.05) is 43.0 Å². The average molecular weight is 510 g/mol. The molecule has 2 aromatic rings. The number of aliphatic hydroxyl groups is 1. The Morgan fingerprint density at radius 1 is 1.17 bits per heavy atom. The molecule has 36 heavy (non-hydrogen) atoms. The summed E-state index contributed by atoms with van der Waals surface area (Å²) in [5, 5.41) is 16.5. The van der Waals surface area contributed by atoms with Gasteiger partial charge in [0, 0.05) is 37.4 Å². The lowest BCUT2D eigenvalue weighted by Crippen LogP contribution is -2.44. The number of hydrogen-bond acceptors (Lipinski definition) is 6. The van der Waals surface area contributed by atoms with Gasteiger partial charge in [-0.15, -0.1) is 0 Å². The van der Waals surface area contributed by atoms with Crippen LogP contribution in [0.2, 0.25) is 5.02 Å². The van der Waals surface area contributed by atoms with Crippen LogP contribution in [0.4, 0.5) is 11.8 Å². The summed E-state index contributed by atoms with van der Waals surface area (Å²) >= 11 is 6.28. The Kier molecular flexibility index (Phi) is 6.54. The standard InChI is InChI=1S/C28H36ClN5O2/c29-24-8-18(4-5-20(24)17-35)12-30-25-23(14-32-27(33-25)34-15-21-9-22(21)16-34)26(36)31-13-19-10-28(11-19)6-2-1-3-7-28/h4-5,8,14,19,21-22,35H,1-3,6-7,9-13,15-17H2,(H,31,36)(H,30,32,33). The van der Waals surface area contributed by atoms with Gasteiger partial charge in [0.05, 0.1) is 6.61 Å². The van der Waals surface area contributed by atoms with Crippen molar-refractivity contribution in [1.29, 1.82) is 0 Å². The van der Waals surface area contributed by atoms with E-state index in [1.54, 1.807) is 6.20 Å². The van der Waals surface area contributed by atoms with Crippen LogP contribution in [0.1, 0.15) is 72.9 Å². The van der Waals surface area contributed by atoms with Gasteiger partial charge >= 0.3 is 0 Å². The first-order valence-corrected chi connectivity index (χ1v) is 13.9. The summed E-state index contributed by atoms with van der Waals surface area (Å²) in [5.74, 6) is 3.25. The Morgan fingerprint density at radius 2 is 1.94 bits per heavy atom. The maximum absolute atomic E-state index is 13.2. The van der Waals surface area contributed by atoms with Crippen LogP contribution in [0, 0.1) is 23.2 Å². The number of carbonyl (C=O) groups is 1. The Balaban J connectivity index is 1.13. The number of anilines is 2. The van der Waals surface area contributed by atoms with Crippen molar-refractivity contribution in [3.63, 3.8) is 0 Å². The van der Waals surface area contributed by atoms with Gasteiger partial charge in [0.2, 0.25) is 5.95 Å². The highest BCUT2D eigenvalue weighted by Gasteiger charge is 2.46. The van der Waals surface area contributed by atoms with E-state index >= 15 is 0 Å². The van der Waals surface area contributed by atoms with Crippen LogP contribution < -0.4 is 15.5 Å². The summed E-state index contributed by atoms with van der Waals surface area (Å²) in [4.78, 5) is 24.8. The van der Waals surface area contributed by atoms with Crippen molar-refractivity contribution in [1.82, 2.24) is 15.3 Å². The molecule has 3 N–H and O–H groups in total. The van der Waals surface area contributed by atoms with Crippen LogP contribution in [-0.2, 0) is 13.2 Å². The summed E-state index contributed by atoms with van der Waals surface area (Å²) in [6.07, 6.45) is 12.3. The van der Waals surface area contributed by atoms with Crippen LogP contribution >= 0.6 is 11.6 Å². The van der Waals surface area contributed by atoms with Gasteiger partial charge < -0.3 is 20.6 Å². The number of rotatable bonds is 8. The van der Waals surface area contributed by atoms with Crippen molar-refractivity contribution in [2.45, 2.75) is 64.5 Å². The SMILES string of the molecule is O=C(NCC1CC2(CCCCC2)C1)c1cnc(N2CC3CC3C2)nc1NCc1ccc(CO)c(Cl)c1. The van der Waals surface area contributed by atoms with Gasteiger partial charge in [0.15, 0.2) is 0 Å². The van der Waals surface area contributed by atoms with E-state index in [-0.39, 0.29) is 12.5 Å². The molecule has 1 spiro atoms. The van der Waals surface area contributed by atoms with Crippen LogP contribution in [0.25, 0.3) is 0 Å². The molecule has 1 saturated heterocycles. The van der Waals surface area contributed by atoms with Crippen molar-refractivity contribution in [2.24, 2.45) is 23.2 Å². The molecule has 4 fully saturated rings. The van der Waals surface area contributed by atoms with E-state index < -0.39 is 0 Å². The largest absolute Gasteiger partial charge is 0.392 e. The summed E-state index contributed by atoms with van der Waals surface area (Å²) in [7, 11) is 0. The first-order chi connectivity index (χ1) is 17.5. The molecule has 1 aliphatic heterocycles. The number of halogens is 1.